The molecule has 0 unspecified atom stereocenters. The largest absolute Gasteiger partial charge is 0.416 e. The van der Waals surface area contributed by atoms with Crippen molar-refractivity contribution in [3.05, 3.63) is 71.8 Å². The molecule has 0 heterocycles. The lowest BCUT2D eigenvalue weighted by Crippen LogP contribution is -2.11. The Labute approximate surface area is 108 Å². The fourth-order valence-corrected chi connectivity index (χ4v) is 1.21. The van der Waals surface area contributed by atoms with Gasteiger partial charge in [0.25, 0.3) is 0 Å². The predicted molar refractivity (Wildman–Crippen MR) is 66.4 cm³/mol. The van der Waals surface area contributed by atoms with Gasteiger partial charge in [-0.2, -0.15) is 13.2 Å². The van der Waals surface area contributed by atoms with Crippen LogP contribution in [0.4, 0.5) is 13.2 Å². The quantitative estimate of drug-likeness (QED) is 0.844. The molecule has 2 rings (SSSR count). The number of carbonyl (C=O) groups excluding carboxylic acids is 1. The number of amides is 1. The third-order valence-electron chi connectivity index (χ3n) is 2.16. The zero-order valence-corrected chi connectivity index (χ0v) is 9.89. The fraction of sp³-hybridized carbons (Fsp3) is 0.0714. The lowest BCUT2D eigenvalue weighted by atomic mass is 10.1. The van der Waals surface area contributed by atoms with E-state index in [2.05, 4.69) is 0 Å². The molecule has 0 aliphatic heterocycles. The lowest BCUT2D eigenvalue weighted by molar-refractivity contribution is -0.137. The van der Waals surface area contributed by atoms with Gasteiger partial charge in [0.05, 0.1) is 5.56 Å². The predicted octanol–water partition coefficient (Wildman–Crippen LogP) is 3.49. The zero-order chi connectivity index (χ0) is 14.3. The molecule has 0 saturated carbocycles. The second kappa shape index (κ2) is 6.58. The molecular formula is C14H12F3NO. The Hall–Kier alpha value is -2.30. The van der Waals surface area contributed by atoms with Crippen molar-refractivity contribution in [2.45, 2.75) is 6.18 Å². The van der Waals surface area contributed by atoms with Gasteiger partial charge in [-0.1, -0.05) is 36.4 Å². The van der Waals surface area contributed by atoms with Crippen molar-refractivity contribution in [1.29, 1.82) is 0 Å². The minimum absolute atomic E-state index is 0.0630. The molecule has 1 amide bonds. The van der Waals surface area contributed by atoms with E-state index in [1.165, 1.54) is 0 Å². The van der Waals surface area contributed by atoms with Crippen LogP contribution < -0.4 is 5.73 Å². The maximum absolute atomic E-state index is 12.0. The minimum Gasteiger partial charge on any atom is -0.366 e. The van der Waals surface area contributed by atoms with Crippen molar-refractivity contribution in [2.24, 2.45) is 5.73 Å². The number of halogens is 3. The molecule has 0 bridgehead atoms. The molecule has 0 spiro atoms. The van der Waals surface area contributed by atoms with Crippen LogP contribution in [0.15, 0.2) is 60.7 Å². The molecular weight excluding hydrogens is 255 g/mol. The number of hydrogen-bond acceptors (Lipinski definition) is 1. The van der Waals surface area contributed by atoms with E-state index in [1.54, 1.807) is 0 Å². The van der Waals surface area contributed by atoms with Crippen LogP contribution in [-0.4, -0.2) is 5.91 Å². The molecule has 0 radical (unpaired) electrons. The summed E-state index contributed by atoms with van der Waals surface area (Å²) >= 11 is 0. The molecule has 2 nitrogen and oxygen atoms in total. The number of alkyl halides is 3. The van der Waals surface area contributed by atoms with Crippen molar-refractivity contribution in [3.63, 3.8) is 0 Å². The van der Waals surface area contributed by atoms with Gasteiger partial charge in [-0.25, -0.2) is 0 Å². The topological polar surface area (TPSA) is 43.1 Å². The molecule has 19 heavy (non-hydrogen) atoms. The van der Waals surface area contributed by atoms with E-state index in [9.17, 15) is 18.0 Å². The van der Waals surface area contributed by atoms with Gasteiger partial charge in [0.15, 0.2) is 0 Å². The third-order valence-corrected chi connectivity index (χ3v) is 2.16. The van der Waals surface area contributed by atoms with Crippen LogP contribution in [0, 0.1) is 0 Å². The molecule has 0 aliphatic rings. The number of nitrogens with two attached hydrogens (primary N) is 1. The Morgan fingerprint density at radius 2 is 1.21 bits per heavy atom. The first-order valence-electron chi connectivity index (χ1n) is 5.38. The maximum atomic E-state index is 12.0. The van der Waals surface area contributed by atoms with Crippen LogP contribution in [0.1, 0.15) is 15.9 Å². The van der Waals surface area contributed by atoms with Crippen molar-refractivity contribution < 1.29 is 18.0 Å². The highest BCUT2D eigenvalue weighted by Crippen LogP contribution is 2.28. The Kier molecular flexibility index (Phi) is 5.11. The average Bonchev–Trinajstić information content (AvgIpc) is 2.40. The van der Waals surface area contributed by atoms with E-state index in [0.717, 1.165) is 24.3 Å². The number of carbonyl (C=O) groups is 1. The molecule has 100 valence electrons. The van der Waals surface area contributed by atoms with Gasteiger partial charge in [0.2, 0.25) is 5.91 Å². The molecule has 0 atom stereocenters. The van der Waals surface area contributed by atoms with Gasteiger partial charge in [0.1, 0.15) is 0 Å². The molecule has 0 aromatic heterocycles. The highest BCUT2D eigenvalue weighted by Gasteiger charge is 2.30. The SMILES string of the molecule is NC(=O)c1ccc(C(F)(F)F)cc1.c1ccccc1. The highest BCUT2D eigenvalue weighted by atomic mass is 19.4. The summed E-state index contributed by atoms with van der Waals surface area (Å²) in [6.07, 6.45) is -4.38. The van der Waals surface area contributed by atoms with Crippen LogP contribution in [0.5, 0.6) is 0 Å². The van der Waals surface area contributed by atoms with Crippen LogP contribution in [0.3, 0.4) is 0 Å². The van der Waals surface area contributed by atoms with Crippen LogP contribution >= 0.6 is 0 Å². The molecule has 0 fully saturated rings. The Balaban J connectivity index is 0.000000250. The Morgan fingerprint density at radius 3 is 1.47 bits per heavy atom. The maximum Gasteiger partial charge on any atom is 0.416 e. The van der Waals surface area contributed by atoms with E-state index < -0.39 is 17.6 Å². The summed E-state index contributed by atoms with van der Waals surface area (Å²) in [6, 6.07) is 15.7. The van der Waals surface area contributed by atoms with Gasteiger partial charge < -0.3 is 5.73 Å². The Bertz CT molecular complexity index is 480. The van der Waals surface area contributed by atoms with E-state index in [1.807, 2.05) is 36.4 Å². The molecule has 0 saturated heterocycles. The smallest absolute Gasteiger partial charge is 0.366 e. The number of hydrogen-bond donors (Lipinski definition) is 1. The van der Waals surface area contributed by atoms with Crippen LogP contribution in [0.25, 0.3) is 0 Å². The summed E-state index contributed by atoms with van der Waals surface area (Å²) in [4.78, 5) is 10.5. The number of rotatable bonds is 1. The van der Waals surface area contributed by atoms with Gasteiger partial charge in [-0.3, -0.25) is 4.79 Å². The monoisotopic (exact) mass is 267 g/mol. The summed E-state index contributed by atoms with van der Waals surface area (Å²) in [6.45, 7) is 0. The second-order valence-corrected chi connectivity index (χ2v) is 3.59. The highest BCUT2D eigenvalue weighted by molar-refractivity contribution is 5.92. The standard InChI is InChI=1S/C8H6F3NO.C6H6/c9-8(10,11)6-3-1-5(2-4-6)7(12)13;1-2-4-6-5-3-1/h1-4H,(H2,12,13);1-6H. The number of benzene rings is 2. The summed E-state index contributed by atoms with van der Waals surface area (Å²) in [5.74, 6) is -0.742. The van der Waals surface area contributed by atoms with Gasteiger partial charge in [0, 0.05) is 5.56 Å². The minimum atomic E-state index is -4.38. The third kappa shape index (κ3) is 5.25. The molecule has 2 aromatic rings. The van der Waals surface area contributed by atoms with Crippen LogP contribution in [-0.2, 0) is 6.18 Å². The Morgan fingerprint density at radius 1 is 0.842 bits per heavy atom. The van der Waals surface area contributed by atoms with Gasteiger partial charge in [-0.15, -0.1) is 0 Å². The summed E-state index contributed by atoms with van der Waals surface area (Å²) in [5.41, 5.74) is 4.12. The summed E-state index contributed by atoms with van der Waals surface area (Å²) in [7, 11) is 0. The molecule has 0 aliphatic carbocycles. The van der Waals surface area contributed by atoms with E-state index in [4.69, 9.17) is 5.73 Å². The molecule has 2 aromatic carbocycles. The summed E-state index contributed by atoms with van der Waals surface area (Å²) < 4.78 is 36.0. The fourth-order valence-electron chi connectivity index (χ4n) is 1.21. The van der Waals surface area contributed by atoms with Crippen molar-refractivity contribution >= 4 is 5.91 Å². The molecule has 5 heteroatoms. The van der Waals surface area contributed by atoms with Gasteiger partial charge in [-0.05, 0) is 24.3 Å². The van der Waals surface area contributed by atoms with Crippen molar-refractivity contribution in [1.82, 2.24) is 0 Å². The molecule has 2 N–H and O–H groups in total. The first kappa shape index (κ1) is 14.8. The lowest BCUT2D eigenvalue weighted by Gasteiger charge is -2.05. The van der Waals surface area contributed by atoms with E-state index >= 15 is 0 Å². The number of primary amides is 1. The van der Waals surface area contributed by atoms with Crippen molar-refractivity contribution in [2.75, 3.05) is 0 Å². The first-order chi connectivity index (χ1) is 8.91. The summed E-state index contributed by atoms with van der Waals surface area (Å²) in [5, 5.41) is 0. The second-order valence-electron chi connectivity index (χ2n) is 3.59. The van der Waals surface area contributed by atoms with Gasteiger partial charge >= 0.3 is 6.18 Å². The zero-order valence-electron chi connectivity index (χ0n) is 9.89. The van der Waals surface area contributed by atoms with E-state index in [0.29, 0.717) is 0 Å². The van der Waals surface area contributed by atoms with Crippen LogP contribution in [0.2, 0.25) is 0 Å². The normalized spacial score (nSPS) is 10.3. The van der Waals surface area contributed by atoms with Crippen molar-refractivity contribution in [3.8, 4) is 0 Å². The average molecular weight is 267 g/mol. The van der Waals surface area contributed by atoms with E-state index in [-0.39, 0.29) is 5.56 Å². The first-order valence-corrected chi connectivity index (χ1v) is 5.38.